The minimum atomic E-state index is -0.264. The summed E-state index contributed by atoms with van der Waals surface area (Å²) in [7, 11) is 0. The number of amides is 1. The summed E-state index contributed by atoms with van der Waals surface area (Å²) in [5.41, 5.74) is 0.508. The SMILES string of the molecule is C=C1C=CC(=O)N1CC[CH2-].CC(C)(C)[C-]=O.[Y]. The fraction of sp³-hybridized carbons (Fsp3) is 0.462. The van der Waals surface area contributed by atoms with Crippen molar-refractivity contribution in [3.63, 3.8) is 0 Å². The Labute approximate surface area is 129 Å². The largest absolute Gasteiger partial charge is 0.541 e. The van der Waals surface area contributed by atoms with E-state index in [1.165, 1.54) is 6.08 Å². The molecule has 0 fully saturated rings. The maximum Gasteiger partial charge on any atom is 0.250 e. The first-order valence-electron chi connectivity index (χ1n) is 5.19. The van der Waals surface area contributed by atoms with Gasteiger partial charge in [-0.3, -0.25) is 11.1 Å². The molecule has 1 radical (unpaired) electrons. The predicted octanol–water partition coefficient (Wildman–Crippen LogP) is 2.26. The first kappa shape index (κ1) is 19.1. The number of carbonyl (C=O) groups excluding carboxylic acids is 2. The van der Waals surface area contributed by atoms with Gasteiger partial charge in [-0.15, -0.1) is 5.41 Å². The summed E-state index contributed by atoms with van der Waals surface area (Å²) in [6.45, 7) is 13.5. The van der Waals surface area contributed by atoms with Crippen LogP contribution in [0.5, 0.6) is 0 Å². The normalized spacial score (nSPS) is 14.0. The minimum Gasteiger partial charge on any atom is -0.541 e. The summed E-state index contributed by atoms with van der Waals surface area (Å²) >= 11 is 0. The average Bonchev–Trinajstić information content (AvgIpc) is 2.50. The van der Waals surface area contributed by atoms with Crippen LogP contribution in [0.2, 0.25) is 0 Å². The third-order valence-corrected chi connectivity index (χ3v) is 1.72. The average molecular weight is 310 g/mol. The van der Waals surface area contributed by atoms with Crippen LogP contribution >= 0.6 is 0 Å². The van der Waals surface area contributed by atoms with E-state index in [0.29, 0.717) is 6.54 Å². The molecule has 4 heteroatoms. The van der Waals surface area contributed by atoms with E-state index in [-0.39, 0.29) is 44.0 Å². The molecule has 1 amide bonds. The second kappa shape index (κ2) is 8.76. The molecule has 0 saturated heterocycles. The van der Waals surface area contributed by atoms with E-state index < -0.39 is 0 Å². The molecule has 0 N–H and O–H groups in total. The van der Waals surface area contributed by atoms with E-state index in [1.807, 2.05) is 27.1 Å². The van der Waals surface area contributed by atoms with Crippen LogP contribution in [0.3, 0.4) is 0 Å². The molecule has 0 bridgehead atoms. The number of hydrogen-bond donors (Lipinski definition) is 0. The first-order chi connectivity index (χ1) is 7.31. The number of nitrogens with zero attached hydrogens (tertiary/aromatic N) is 1. The zero-order valence-corrected chi connectivity index (χ0v) is 13.7. The van der Waals surface area contributed by atoms with Gasteiger partial charge in [0.05, 0.1) is 0 Å². The van der Waals surface area contributed by atoms with Gasteiger partial charge in [-0.1, -0.05) is 27.4 Å². The molecule has 1 aliphatic heterocycles. The Hall–Kier alpha value is -0.276. The van der Waals surface area contributed by atoms with E-state index in [9.17, 15) is 9.59 Å². The summed E-state index contributed by atoms with van der Waals surface area (Å²) in [5.74, 6) is 0.0219. The van der Waals surface area contributed by atoms with Crippen LogP contribution in [-0.4, -0.2) is 23.6 Å². The van der Waals surface area contributed by atoms with Crippen molar-refractivity contribution in [1.82, 2.24) is 4.90 Å². The first-order valence-corrected chi connectivity index (χ1v) is 5.19. The van der Waals surface area contributed by atoms with E-state index in [1.54, 1.807) is 11.0 Å². The molecule has 1 heterocycles. The van der Waals surface area contributed by atoms with E-state index in [4.69, 9.17) is 0 Å². The summed E-state index contributed by atoms with van der Waals surface area (Å²) in [6, 6.07) is 0. The number of hydrogen-bond acceptors (Lipinski definition) is 2. The Morgan fingerprint density at radius 1 is 1.41 bits per heavy atom. The Bertz CT molecular complexity index is 285. The molecular formula is C13H19NO2Y-2. The van der Waals surface area contributed by atoms with Crippen LogP contribution in [0.25, 0.3) is 0 Å². The Kier molecular flexibility index (Phi) is 9.83. The second-order valence-corrected chi connectivity index (χ2v) is 4.52. The number of rotatable bonds is 2. The summed E-state index contributed by atoms with van der Waals surface area (Å²) in [4.78, 5) is 22.2. The molecule has 0 aliphatic carbocycles. The van der Waals surface area contributed by atoms with E-state index in [0.717, 1.165) is 12.1 Å². The van der Waals surface area contributed by atoms with Gasteiger partial charge >= 0.3 is 0 Å². The van der Waals surface area contributed by atoms with Crippen molar-refractivity contribution >= 4 is 12.2 Å². The third kappa shape index (κ3) is 8.45. The van der Waals surface area contributed by atoms with Crippen molar-refractivity contribution < 1.29 is 42.3 Å². The molecule has 0 aromatic carbocycles. The van der Waals surface area contributed by atoms with Gasteiger partial charge in [-0.05, 0) is 12.6 Å². The number of allylic oxidation sites excluding steroid dienone is 1. The minimum absolute atomic E-state index is 0. The van der Waals surface area contributed by atoms with Gasteiger partial charge in [0.15, 0.2) is 0 Å². The van der Waals surface area contributed by atoms with Crippen LogP contribution in [0.1, 0.15) is 27.2 Å². The van der Waals surface area contributed by atoms with E-state index >= 15 is 0 Å². The molecule has 1 aliphatic rings. The van der Waals surface area contributed by atoms with Gasteiger partial charge in [0.25, 0.3) is 5.91 Å². The van der Waals surface area contributed by atoms with Crippen LogP contribution in [0.15, 0.2) is 24.4 Å². The summed E-state index contributed by atoms with van der Waals surface area (Å²) in [6.07, 6.45) is 5.83. The standard InChI is InChI=1S/C8H10NO.C5H9O.Y/c1-3-6-9-7(2)4-5-8(9)10;1-5(2,3)4-6;/h4-5H,1-3,6H2;1-3H3;/q2*-1;. The van der Waals surface area contributed by atoms with Crippen molar-refractivity contribution in [2.45, 2.75) is 27.2 Å². The molecule has 3 nitrogen and oxygen atoms in total. The van der Waals surface area contributed by atoms with Crippen molar-refractivity contribution in [1.29, 1.82) is 0 Å². The van der Waals surface area contributed by atoms with Gasteiger partial charge in [-0.25, -0.2) is 0 Å². The summed E-state index contributed by atoms with van der Waals surface area (Å²) < 4.78 is 0. The van der Waals surface area contributed by atoms with E-state index in [2.05, 4.69) is 13.5 Å². The molecule has 93 valence electrons. The van der Waals surface area contributed by atoms with Crippen LogP contribution in [0, 0.1) is 12.3 Å². The molecule has 0 aromatic rings. The predicted molar refractivity (Wildman–Crippen MR) is 65.1 cm³/mol. The third-order valence-electron chi connectivity index (χ3n) is 1.72. The van der Waals surface area contributed by atoms with Gasteiger partial charge in [0.1, 0.15) is 0 Å². The molecule has 1 rings (SSSR count). The summed E-state index contributed by atoms with van der Waals surface area (Å²) in [5, 5.41) is 0. The molecule has 0 atom stereocenters. The molecule has 0 unspecified atom stereocenters. The smallest absolute Gasteiger partial charge is 0.250 e. The fourth-order valence-corrected chi connectivity index (χ4v) is 0.901. The molecule has 0 aromatic heterocycles. The molecular weight excluding hydrogens is 291 g/mol. The monoisotopic (exact) mass is 310 g/mol. The fourth-order valence-electron chi connectivity index (χ4n) is 0.901. The van der Waals surface area contributed by atoms with Crippen LogP contribution < -0.4 is 0 Å². The maximum absolute atomic E-state index is 10.9. The quantitative estimate of drug-likeness (QED) is 0.734. The van der Waals surface area contributed by atoms with Crippen molar-refractivity contribution in [3.05, 3.63) is 31.4 Å². The van der Waals surface area contributed by atoms with Crippen molar-refractivity contribution in [2.75, 3.05) is 6.54 Å². The van der Waals surface area contributed by atoms with Crippen LogP contribution in [0.4, 0.5) is 0 Å². The maximum atomic E-state index is 10.9. The van der Waals surface area contributed by atoms with Gasteiger partial charge in [0.2, 0.25) is 0 Å². The zero-order valence-electron chi connectivity index (χ0n) is 10.8. The van der Waals surface area contributed by atoms with Gasteiger partial charge in [0, 0.05) is 44.5 Å². The van der Waals surface area contributed by atoms with Crippen LogP contribution in [-0.2, 0) is 42.3 Å². The number of carbonyl (C=O) groups is 1. The van der Waals surface area contributed by atoms with Crippen molar-refractivity contribution in [3.8, 4) is 0 Å². The van der Waals surface area contributed by atoms with Gasteiger partial charge < -0.3 is 16.6 Å². The zero-order chi connectivity index (χ0) is 12.8. The second-order valence-electron chi connectivity index (χ2n) is 4.52. The molecule has 0 saturated carbocycles. The Morgan fingerprint density at radius 2 is 1.88 bits per heavy atom. The van der Waals surface area contributed by atoms with Crippen molar-refractivity contribution in [2.24, 2.45) is 5.41 Å². The Balaban J connectivity index is 0. The molecule has 0 spiro atoms. The topological polar surface area (TPSA) is 37.4 Å². The molecule has 17 heavy (non-hydrogen) atoms. The Morgan fingerprint density at radius 3 is 2.12 bits per heavy atom. The van der Waals surface area contributed by atoms with Gasteiger partial charge in [-0.2, -0.15) is 6.42 Å².